The molecule has 0 saturated carbocycles. The number of carbonyl (C=O) groups is 1. The maximum atomic E-state index is 12.9. The van der Waals surface area contributed by atoms with E-state index in [1.165, 1.54) is 6.42 Å². The van der Waals surface area contributed by atoms with Gasteiger partial charge in [0.2, 0.25) is 0 Å². The Labute approximate surface area is 158 Å². The number of hydrogen-bond acceptors (Lipinski definition) is 5. The molecule has 0 radical (unpaired) electrons. The molecule has 2 aromatic rings. The molecule has 1 amide bonds. The molecule has 2 aliphatic rings. The van der Waals surface area contributed by atoms with Crippen LogP contribution in [-0.2, 0) is 19.6 Å². The van der Waals surface area contributed by atoms with Gasteiger partial charge >= 0.3 is 0 Å². The molecule has 0 N–H and O–H groups in total. The maximum Gasteiger partial charge on any atom is 0.254 e. The lowest BCUT2D eigenvalue weighted by Gasteiger charge is -2.33. The van der Waals surface area contributed by atoms with Crippen LogP contribution in [0, 0.1) is 0 Å². The van der Waals surface area contributed by atoms with Crippen molar-refractivity contribution in [1.82, 2.24) is 19.8 Å². The second-order valence-corrected chi connectivity index (χ2v) is 7.57. The molecule has 1 fully saturated rings. The number of amides is 1. The van der Waals surface area contributed by atoms with Crippen LogP contribution in [0.4, 0.5) is 5.82 Å². The smallest absolute Gasteiger partial charge is 0.254 e. The molecule has 0 spiro atoms. The highest BCUT2D eigenvalue weighted by Crippen LogP contribution is 2.32. The van der Waals surface area contributed by atoms with Crippen LogP contribution in [0.3, 0.4) is 0 Å². The second-order valence-electron chi connectivity index (χ2n) is 7.14. The summed E-state index contributed by atoms with van der Waals surface area (Å²) in [5.74, 6) is 1.82. The monoisotopic (exact) mass is 371 g/mol. The number of benzene rings is 1. The van der Waals surface area contributed by atoms with Gasteiger partial charge < -0.3 is 14.7 Å². The topological polar surface area (TPSA) is 52.6 Å². The van der Waals surface area contributed by atoms with Crippen molar-refractivity contribution in [2.75, 3.05) is 32.1 Å². The summed E-state index contributed by atoms with van der Waals surface area (Å²) in [5.41, 5.74) is 2.71. The van der Waals surface area contributed by atoms with E-state index in [-0.39, 0.29) is 5.91 Å². The highest BCUT2D eigenvalue weighted by atomic mass is 35.5. The van der Waals surface area contributed by atoms with Crippen LogP contribution in [-0.4, -0.2) is 52.9 Å². The normalized spacial score (nSPS) is 16.0. The molecule has 6 nitrogen and oxygen atoms in total. The van der Waals surface area contributed by atoms with Crippen molar-refractivity contribution in [3.05, 3.63) is 51.9 Å². The molecule has 0 bridgehead atoms. The minimum atomic E-state index is 0.00313. The molecule has 7 heteroatoms. The number of halogens is 1. The van der Waals surface area contributed by atoms with E-state index in [1.54, 1.807) is 24.3 Å². The fraction of sp³-hybridized carbons (Fsp3) is 0.421. The van der Waals surface area contributed by atoms with E-state index >= 15 is 0 Å². The fourth-order valence-corrected chi connectivity index (χ4v) is 3.48. The summed E-state index contributed by atoms with van der Waals surface area (Å²) in [6.07, 6.45) is 1.19. The number of fused-ring (bicyclic) bond motifs is 1. The highest BCUT2D eigenvalue weighted by molar-refractivity contribution is 6.30. The average molecular weight is 372 g/mol. The van der Waals surface area contributed by atoms with Crippen molar-refractivity contribution in [1.29, 1.82) is 0 Å². The quantitative estimate of drug-likeness (QED) is 0.826. The standard InChI is InChI=1S/C19H22ClN5O/c1-23(2)12-17-21-16-11-25(19(26)13-4-6-14(20)7-5-13)10-15(16)18(22-17)24-8-3-9-24/h4-7H,3,8-12H2,1-2H3. The first kappa shape index (κ1) is 17.2. The SMILES string of the molecule is CN(C)Cc1nc2c(c(N3CCC3)n1)CN(C(=O)c1ccc(Cl)cc1)C2. The Balaban J connectivity index is 1.62. The Morgan fingerprint density at radius 3 is 2.50 bits per heavy atom. The van der Waals surface area contributed by atoms with Crippen molar-refractivity contribution in [2.24, 2.45) is 0 Å². The van der Waals surface area contributed by atoms with E-state index in [9.17, 15) is 4.79 Å². The molecule has 4 rings (SSSR count). The summed E-state index contributed by atoms with van der Waals surface area (Å²) in [6.45, 7) is 3.83. The first-order valence-corrected chi connectivity index (χ1v) is 9.22. The minimum absolute atomic E-state index is 0.00313. The van der Waals surface area contributed by atoms with Crippen molar-refractivity contribution < 1.29 is 4.79 Å². The Morgan fingerprint density at radius 2 is 1.88 bits per heavy atom. The summed E-state index contributed by atoms with van der Waals surface area (Å²) in [4.78, 5) is 28.6. The lowest BCUT2D eigenvalue weighted by atomic mass is 10.1. The molecule has 0 atom stereocenters. The van der Waals surface area contributed by atoms with E-state index in [4.69, 9.17) is 21.6 Å². The molecular formula is C19H22ClN5O. The molecule has 136 valence electrons. The van der Waals surface area contributed by atoms with E-state index in [1.807, 2.05) is 19.0 Å². The third-order valence-corrected chi connectivity index (χ3v) is 5.05. The molecule has 26 heavy (non-hydrogen) atoms. The Kier molecular flexibility index (Phi) is 4.54. The van der Waals surface area contributed by atoms with E-state index in [0.717, 1.165) is 36.0 Å². The number of anilines is 1. The number of rotatable bonds is 4. The average Bonchev–Trinajstić information content (AvgIpc) is 2.97. The third kappa shape index (κ3) is 3.27. The largest absolute Gasteiger partial charge is 0.356 e. The Bertz CT molecular complexity index is 833. The Morgan fingerprint density at radius 1 is 1.15 bits per heavy atom. The van der Waals surface area contributed by atoms with Crippen LogP contribution in [0.2, 0.25) is 5.02 Å². The second kappa shape index (κ2) is 6.85. The van der Waals surface area contributed by atoms with Gasteiger partial charge in [0.05, 0.1) is 25.3 Å². The molecule has 1 saturated heterocycles. The van der Waals surface area contributed by atoms with E-state index < -0.39 is 0 Å². The van der Waals surface area contributed by atoms with Crippen molar-refractivity contribution >= 4 is 23.3 Å². The molecule has 0 unspecified atom stereocenters. The van der Waals surface area contributed by atoms with Gasteiger partial charge in [0.1, 0.15) is 11.6 Å². The number of carbonyl (C=O) groups excluding carboxylic acids is 1. The lowest BCUT2D eigenvalue weighted by Crippen LogP contribution is -2.39. The first-order valence-electron chi connectivity index (χ1n) is 8.84. The van der Waals surface area contributed by atoms with Crippen molar-refractivity contribution in [3.63, 3.8) is 0 Å². The zero-order chi connectivity index (χ0) is 18.3. The fourth-order valence-electron chi connectivity index (χ4n) is 3.35. The number of nitrogens with zero attached hydrogens (tertiary/aromatic N) is 5. The molecular weight excluding hydrogens is 350 g/mol. The lowest BCUT2D eigenvalue weighted by molar-refractivity contribution is 0.0750. The van der Waals surface area contributed by atoms with Gasteiger partial charge in [-0.05, 0) is 44.8 Å². The van der Waals surface area contributed by atoms with Gasteiger partial charge in [0.25, 0.3) is 5.91 Å². The van der Waals surface area contributed by atoms with Gasteiger partial charge in [-0.15, -0.1) is 0 Å². The van der Waals surface area contributed by atoms with Crippen LogP contribution in [0.1, 0.15) is 33.9 Å². The highest BCUT2D eigenvalue weighted by Gasteiger charge is 2.32. The molecule has 2 aliphatic heterocycles. The number of hydrogen-bond donors (Lipinski definition) is 0. The van der Waals surface area contributed by atoms with Gasteiger partial charge in [-0.2, -0.15) is 0 Å². The van der Waals surface area contributed by atoms with Gasteiger partial charge in [-0.25, -0.2) is 9.97 Å². The zero-order valence-electron chi connectivity index (χ0n) is 15.1. The van der Waals surface area contributed by atoms with Crippen molar-refractivity contribution in [2.45, 2.75) is 26.1 Å². The summed E-state index contributed by atoms with van der Waals surface area (Å²) >= 11 is 5.93. The number of aromatic nitrogens is 2. The van der Waals surface area contributed by atoms with Gasteiger partial charge in [-0.3, -0.25) is 4.79 Å². The van der Waals surface area contributed by atoms with E-state index in [0.29, 0.717) is 30.2 Å². The van der Waals surface area contributed by atoms with Crippen LogP contribution in [0.15, 0.2) is 24.3 Å². The molecule has 3 heterocycles. The minimum Gasteiger partial charge on any atom is -0.356 e. The van der Waals surface area contributed by atoms with E-state index in [2.05, 4.69) is 9.80 Å². The molecule has 1 aromatic heterocycles. The Hall–Kier alpha value is -2.18. The van der Waals surface area contributed by atoms with Gasteiger partial charge in [0, 0.05) is 29.2 Å². The summed E-state index contributed by atoms with van der Waals surface area (Å²) in [6, 6.07) is 7.04. The summed E-state index contributed by atoms with van der Waals surface area (Å²) < 4.78 is 0. The summed E-state index contributed by atoms with van der Waals surface area (Å²) in [5, 5.41) is 0.630. The maximum absolute atomic E-state index is 12.9. The van der Waals surface area contributed by atoms with Crippen LogP contribution < -0.4 is 4.90 Å². The molecule has 0 aliphatic carbocycles. The van der Waals surface area contributed by atoms with Crippen molar-refractivity contribution in [3.8, 4) is 0 Å². The predicted molar refractivity (Wildman–Crippen MR) is 101 cm³/mol. The predicted octanol–water partition coefficient (Wildman–Crippen LogP) is 2.56. The van der Waals surface area contributed by atoms with Crippen LogP contribution >= 0.6 is 11.6 Å². The van der Waals surface area contributed by atoms with Gasteiger partial charge in [-0.1, -0.05) is 11.6 Å². The van der Waals surface area contributed by atoms with Crippen LogP contribution in [0.5, 0.6) is 0 Å². The van der Waals surface area contributed by atoms with Gasteiger partial charge in [0.15, 0.2) is 0 Å². The zero-order valence-corrected chi connectivity index (χ0v) is 15.8. The first-order chi connectivity index (χ1) is 12.5. The van der Waals surface area contributed by atoms with Crippen LogP contribution in [0.25, 0.3) is 0 Å². The molecule has 1 aromatic carbocycles. The third-order valence-electron chi connectivity index (χ3n) is 4.80. The summed E-state index contributed by atoms with van der Waals surface area (Å²) in [7, 11) is 4.02.